The lowest BCUT2D eigenvalue weighted by molar-refractivity contribution is -0.134. The first-order valence-electron chi connectivity index (χ1n) is 3.92. The monoisotopic (exact) mass is 191 g/mol. The number of carbonyl (C=O) groups excluding carboxylic acids is 1. The molecule has 4 nitrogen and oxygen atoms in total. The van der Waals surface area contributed by atoms with E-state index in [1.54, 1.807) is 13.7 Å². The average molecular weight is 191 g/mol. The van der Waals surface area contributed by atoms with Crippen molar-refractivity contribution in [1.29, 1.82) is 0 Å². The highest BCUT2D eigenvalue weighted by Gasteiger charge is 2.34. The van der Waals surface area contributed by atoms with Crippen molar-refractivity contribution in [3.05, 3.63) is 0 Å². The molecule has 0 spiro atoms. The largest absolute Gasteiger partial charge is 0.486 e. The zero-order chi connectivity index (χ0) is 9.78. The zero-order valence-electron chi connectivity index (χ0n) is 8.30. The molecule has 0 aromatic rings. The van der Waals surface area contributed by atoms with Gasteiger partial charge >= 0.3 is 8.72 Å². The predicted molar refractivity (Wildman–Crippen MR) is 48.7 cm³/mol. The summed E-state index contributed by atoms with van der Waals surface area (Å²) in [6.07, 6.45) is 0. The Bertz CT molecular complexity index is 163. The number of hydrogen-bond donors (Lipinski definition) is 1. The summed E-state index contributed by atoms with van der Waals surface area (Å²) in [5.41, 5.74) is 0. The SMILES string of the molecule is CO[Si](C)(NC(C)C)OC(C)=O. The van der Waals surface area contributed by atoms with Crippen molar-refractivity contribution < 1.29 is 13.6 Å². The van der Waals surface area contributed by atoms with Crippen LogP contribution in [0.2, 0.25) is 6.55 Å². The van der Waals surface area contributed by atoms with E-state index >= 15 is 0 Å². The van der Waals surface area contributed by atoms with Crippen LogP contribution in [0.5, 0.6) is 0 Å². The Balaban J connectivity index is 4.13. The molecule has 0 saturated heterocycles. The lowest BCUT2D eigenvalue weighted by Crippen LogP contribution is -2.56. The third-order valence-electron chi connectivity index (χ3n) is 1.28. The first kappa shape index (κ1) is 11.6. The second kappa shape index (κ2) is 4.59. The van der Waals surface area contributed by atoms with Crippen molar-refractivity contribution >= 4 is 14.7 Å². The maximum atomic E-state index is 10.7. The van der Waals surface area contributed by atoms with Gasteiger partial charge in [-0.05, 0) is 6.04 Å². The fourth-order valence-electron chi connectivity index (χ4n) is 0.929. The summed E-state index contributed by atoms with van der Waals surface area (Å²) in [7, 11) is -0.903. The maximum Gasteiger partial charge on any atom is 0.486 e. The maximum absolute atomic E-state index is 10.7. The Morgan fingerprint density at radius 1 is 1.50 bits per heavy atom. The molecule has 0 aromatic carbocycles. The molecular formula is C7H17NO3Si. The number of carbonyl (C=O) groups is 1. The Hall–Kier alpha value is -0.393. The average Bonchev–Trinajstić information content (AvgIpc) is 1.83. The summed E-state index contributed by atoms with van der Waals surface area (Å²) in [5.74, 6) is -0.306. The van der Waals surface area contributed by atoms with Crippen LogP contribution < -0.4 is 4.98 Å². The molecule has 0 aliphatic rings. The molecule has 0 amide bonds. The molecule has 0 radical (unpaired) electrons. The van der Waals surface area contributed by atoms with Crippen LogP contribution in [0, 0.1) is 0 Å². The van der Waals surface area contributed by atoms with Crippen LogP contribution in [-0.4, -0.2) is 27.8 Å². The van der Waals surface area contributed by atoms with Gasteiger partial charge in [-0.25, -0.2) is 0 Å². The van der Waals surface area contributed by atoms with E-state index in [2.05, 4.69) is 4.98 Å². The molecule has 0 aliphatic heterocycles. The molecule has 5 heteroatoms. The minimum atomic E-state index is -2.45. The van der Waals surface area contributed by atoms with E-state index in [0.717, 1.165) is 0 Å². The molecule has 72 valence electrons. The summed E-state index contributed by atoms with van der Waals surface area (Å²) >= 11 is 0. The van der Waals surface area contributed by atoms with Crippen molar-refractivity contribution in [2.45, 2.75) is 33.4 Å². The topological polar surface area (TPSA) is 47.6 Å². The lowest BCUT2D eigenvalue weighted by Gasteiger charge is -2.26. The zero-order valence-corrected chi connectivity index (χ0v) is 9.30. The predicted octanol–water partition coefficient (Wildman–Crippen LogP) is 0.763. The van der Waals surface area contributed by atoms with E-state index in [1.807, 2.05) is 13.8 Å². The molecule has 12 heavy (non-hydrogen) atoms. The summed E-state index contributed by atoms with van der Waals surface area (Å²) in [6.45, 7) is 7.14. The van der Waals surface area contributed by atoms with Crippen LogP contribution in [0.4, 0.5) is 0 Å². The molecule has 1 atom stereocenters. The summed E-state index contributed by atoms with van der Waals surface area (Å²) < 4.78 is 10.2. The summed E-state index contributed by atoms with van der Waals surface area (Å²) in [5, 5.41) is 0. The van der Waals surface area contributed by atoms with Gasteiger partial charge < -0.3 is 8.85 Å². The van der Waals surface area contributed by atoms with Crippen LogP contribution in [0.1, 0.15) is 20.8 Å². The molecule has 0 bridgehead atoms. The summed E-state index contributed by atoms with van der Waals surface area (Å²) in [6, 6.07) is 0.251. The minimum Gasteiger partial charge on any atom is -0.483 e. The minimum absolute atomic E-state index is 0.251. The van der Waals surface area contributed by atoms with Crippen LogP contribution >= 0.6 is 0 Å². The number of rotatable bonds is 4. The molecule has 0 aliphatic carbocycles. The first-order chi connectivity index (χ1) is 5.39. The second-order valence-corrected chi connectivity index (χ2v) is 5.83. The van der Waals surface area contributed by atoms with E-state index in [4.69, 9.17) is 8.85 Å². The van der Waals surface area contributed by atoms with E-state index < -0.39 is 8.72 Å². The van der Waals surface area contributed by atoms with Gasteiger partial charge in [0.05, 0.1) is 0 Å². The van der Waals surface area contributed by atoms with Gasteiger partial charge in [0.15, 0.2) is 0 Å². The molecule has 1 N–H and O–H groups in total. The molecule has 0 fully saturated rings. The van der Waals surface area contributed by atoms with Crippen LogP contribution in [0.15, 0.2) is 0 Å². The van der Waals surface area contributed by atoms with Crippen molar-refractivity contribution in [3.8, 4) is 0 Å². The smallest absolute Gasteiger partial charge is 0.483 e. The highest BCUT2D eigenvalue weighted by Crippen LogP contribution is 2.02. The van der Waals surface area contributed by atoms with Crippen LogP contribution in [0.3, 0.4) is 0 Å². The van der Waals surface area contributed by atoms with Crippen LogP contribution in [-0.2, 0) is 13.6 Å². The van der Waals surface area contributed by atoms with E-state index in [0.29, 0.717) is 0 Å². The third-order valence-corrected chi connectivity index (χ3v) is 3.84. The van der Waals surface area contributed by atoms with Gasteiger partial charge in [0.1, 0.15) is 0 Å². The Kier molecular flexibility index (Phi) is 4.44. The van der Waals surface area contributed by atoms with Gasteiger partial charge in [0.2, 0.25) is 0 Å². The Labute approximate surface area is 74.6 Å². The number of nitrogens with one attached hydrogen (secondary N) is 1. The first-order valence-corrected chi connectivity index (χ1v) is 6.23. The fraction of sp³-hybridized carbons (Fsp3) is 0.857. The lowest BCUT2D eigenvalue weighted by atomic mass is 10.4. The fourth-order valence-corrected chi connectivity index (χ4v) is 2.79. The molecule has 0 heterocycles. The van der Waals surface area contributed by atoms with Crippen molar-refractivity contribution in [3.63, 3.8) is 0 Å². The summed E-state index contributed by atoms with van der Waals surface area (Å²) in [4.78, 5) is 13.8. The van der Waals surface area contributed by atoms with Gasteiger partial charge in [-0.15, -0.1) is 0 Å². The number of hydrogen-bond acceptors (Lipinski definition) is 4. The quantitative estimate of drug-likeness (QED) is 0.667. The molecule has 0 aromatic heterocycles. The van der Waals surface area contributed by atoms with E-state index in [1.165, 1.54) is 6.92 Å². The Morgan fingerprint density at radius 2 is 2.00 bits per heavy atom. The molecule has 0 rings (SSSR count). The normalized spacial score (nSPS) is 15.8. The van der Waals surface area contributed by atoms with E-state index in [9.17, 15) is 4.79 Å². The standard InChI is InChI=1S/C7H17NO3Si/c1-6(2)8-12(5,10-4)11-7(3)9/h6,8H,1-5H3. The molecule has 0 saturated carbocycles. The van der Waals surface area contributed by atoms with Crippen molar-refractivity contribution in [2.75, 3.05) is 7.11 Å². The van der Waals surface area contributed by atoms with Gasteiger partial charge in [0, 0.05) is 20.6 Å². The van der Waals surface area contributed by atoms with Gasteiger partial charge in [-0.3, -0.25) is 9.78 Å². The van der Waals surface area contributed by atoms with Gasteiger partial charge in [-0.2, -0.15) is 0 Å². The third kappa shape index (κ3) is 4.48. The van der Waals surface area contributed by atoms with Crippen LogP contribution in [0.25, 0.3) is 0 Å². The van der Waals surface area contributed by atoms with Gasteiger partial charge in [0.25, 0.3) is 5.97 Å². The van der Waals surface area contributed by atoms with Crippen molar-refractivity contribution in [2.24, 2.45) is 0 Å². The molecular weight excluding hydrogens is 174 g/mol. The Morgan fingerprint density at radius 3 is 2.25 bits per heavy atom. The highest BCUT2D eigenvalue weighted by molar-refractivity contribution is 6.64. The van der Waals surface area contributed by atoms with Crippen molar-refractivity contribution in [1.82, 2.24) is 4.98 Å². The van der Waals surface area contributed by atoms with Gasteiger partial charge in [-0.1, -0.05) is 13.8 Å². The molecule has 1 unspecified atom stereocenters. The second-order valence-electron chi connectivity index (χ2n) is 3.04. The van der Waals surface area contributed by atoms with E-state index in [-0.39, 0.29) is 12.0 Å². The highest BCUT2D eigenvalue weighted by atomic mass is 28.4.